The summed E-state index contributed by atoms with van der Waals surface area (Å²) in [5.74, 6) is 0.256. The van der Waals surface area contributed by atoms with Crippen molar-refractivity contribution in [2.45, 2.75) is 13.8 Å². The lowest BCUT2D eigenvalue weighted by molar-refractivity contribution is -0.145. The van der Waals surface area contributed by atoms with Crippen molar-refractivity contribution in [3.8, 4) is 17.2 Å². The lowest BCUT2D eigenvalue weighted by Gasteiger charge is -2.14. The summed E-state index contributed by atoms with van der Waals surface area (Å²) in [4.78, 5) is 23.5. The van der Waals surface area contributed by atoms with Gasteiger partial charge >= 0.3 is 5.97 Å². The zero-order valence-corrected chi connectivity index (χ0v) is 19.4. The molecule has 0 aliphatic heterocycles. The molecular weight excluding hydrogens is 492 g/mol. The zero-order valence-electron chi connectivity index (χ0n) is 17.0. The maximum absolute atomic E-state index is 11.9. The number of hydrogen-bond donors (Lipinski definition) is 1. The predicted molar refractivity (Wildman–Crippen MR) is 120 cm³/mol. The molecule has 0 aromatic heterocycles. The molecule has 31 heavy (non-hydrogen) atoms. The molecule has 0 unspecified atom stereocenters. The monoisotopic (exact) mass is 512 g/mol. The number of amides is 1. The molecule has 1 N–H and O–H groups in total. The van der Waals surface area contributed by atoms with Gasteiger partial charge in [0.05, 0.1) is 28.9 Å². The lowest BCUT2D eigenvalue weighted by Crippen LogP contribution is -2.24. The highest BCUT2D eigenvalue weighted by Gasteiger charge is 2.14. The van der Waals surface area contributed by atoms with Gasteiger partial charge in [-0.3, -0.25) is 4.79 Å². The van der Waals surface area contributed by atoms with Gasteiger partial charge in [-0.05, 0) is 59.6 Å². The van der Waals surface area contributed by atoms with E-state index < -0.39 is 11.9 Å². The number of hydrogen-bond acceptors (Lipinski definition) is 7. The minimum atomic E-state index is -0.482. The first kappa shape index (κ1) is 24.5. The van der Waals surface area contributed by atoms with Crippen LogP contribution in [-0.2, 0) is 14.3 Å². The second kappa shape index (κ2) is 12.8. The molecule has 0 spiro atoms. The van der Waals surface area contributed by atoms with Crippen LogP contribution in [0.3, 0.4) is 0 Å². The summed E-state index contributed by atoms with van der Waals surface area (Å²) in [5, 5.41) is 4.33. The van der Waals surface area contributed by atoms with Crippen LogP contribution >= 0.6 is 27.5 Å². The molecule has 8 nitrogen and oxygen atoms in total. The number of nitrogens with one attached hydrogen (secondary N) is 1. The van der Waals surface area contributed by atoms with Crippen molar-refractivity contribution < 1.29 is 28.5 Å². The number of esters is 1. The Morgan fingerprint density at radius 2 is 1.84 bits per heavy atom. The van der Waals surface area contributed by atoms with Crippen molar-refractivity contribution in [3.63, 3.8) is 0 Å². The van der Waals surface area contributed by atoms with Crippen molar-refractivity contribution in [2.24, 2.45) is 5.10 Å². The quantitative estimate of drug-likeness (QED) is 0.277. The van der Waals surface area contributed by atoms with E-state index in [1.165, 1.54) is 6.21 Å². The number of halogens is 2. The molecule has 2 rings (SSSR count). The average Bonchev–Trinajstić information content (AvgIpc) is 2.73. The Morgan fingerprint density at radius 3 is 2.55 bits per heavy atom. The lowest BCUT2D eigenvalue weighted by atomic mass is 10.2. The van der Waals surface area contributed by atoms with E-state index in [1.807, 2.05) is 6.92 Å². The molecule has 2 aromatic carbocycles. The number of nitrogens with zero attached hydrogens (tertiary/aromatic N) is 1. The van der Waals surface area contributed by atoms with Gasteiger partial charge in [0.1, 0.15) is 5.75 Å². The first-order chi connectivity index (χ1) is 14.9. The molecule has 2 aromatic rings. The fourth-order valence-electron chi connectivity index (χ4n) is 2.32. The van der Waals surface area contributed by atoms with E-state index in [1.54, 1.807) is 43.3 Å². The third-order valence-electron chi connectivity index (χ3n) is 3.57. The standard InChI is InChI=1S/C21H22BrClN2O6/c1-3-28-18-10-14(9-15(22)21(18)31-13-20(27)29-4-2)11-24-25-19(26)12-30-17-8-6-5-7-16(17)23/h5-11H,3-4,12-13H2,1-2H3,(H,25,26)/b24-11-. The summed E-state index contributed by atoms with van der Waals surface area (Å²) in [6.07, 6.45) is 1.44. The third kappa shape index (κ3) is 8.10. The fraction of sp³-hybridized carbons (Fsp3) is 0.286. The molecule has 0 atom stereocenters. The van der Waals surface area contributed by atoms with Gasteiger partial charge in [0, 0.05) is 0 Å². The van der Waals surface area contributed by atoms with Crippen LogP contribution in [0.1, 0.15) is 19.4 Å². The van der Waals surface area contributed by atoms with Crippen molar-refractivity contribution in [1.29, 1.82) is 0 Å². The number of carbonyl (C=O) groups excluding carboxylic acids is 2. The highest BCUT2D eigenvalue weighted by molar-refractivity contribution is 9.10. The van der Waals surface area contributed by atoms with Crippen LogP contribution in [0.4, 0.5) is 0 Å². The van der Waals surface area contributed by atoms with Crippen LogP contribution < -0.4 is 19.6 Å². The van der Waals surface area contributed by atoms with Crippen molar-refractivity contribution in [1.82, 2.24) is 5.43 Å². The summed E-state index contributed by atoms with van der Waals surface area (Å²) in [7, 11) is 0. The SMILES string of the molecule is CCOC(=O)COc1c(Br)cc(/C=N\NC(=O)COc2ccccc2Cl)cc1OCC. The number of ether oxygens (including phenoxy) is 4. The third-order valence-corrected chi connectivity index (χ3v) is 4.47. The Balaban J connectivity index is 1.98. The Labute approximate surface area is 193 Å². The highest BCUT2D eigenvalue weighted by atomic mass is 79.9. The number of para-hydroxylation sites is 1. The maximum Gasteiger partial charge on any atom is 0.344 e. The van der Waals surface area contributed by atoms with Gasteiger partial charge in [-0.2, -0.15) is 5.10 Å². The molecule has 10 heteroatoms. The number of hydrazone groups is 1. The molecule has 166 valence electrons. The van der Waals surface area contributed by atoms with Crippen LogP contribution in [0.5, 0.6) is 17.2 Å². The molecule has 0 fully saturated rings. The van der Waals surface area contributed by atoms with E-state index >= 15 is 0 Å². The molecule has 0 radical (unpaired) electrons. The van der Waals surface area contributed by atoms with Crippen LogP contribution in [0.2, 0.25) is 5.02 Å². The van der Waals surface area contributed by atoms with E-state index in [4.69, 9.17) is 30.5 Å². The molecular formula is C21H22BrClN2O6. The summed E-state index contributed by atoms with van der Waals surface area (Å²) >= 11 is 9.37. The van der Waals surface area contributed by atoms with E-state index in [-0.39, 0.29) is 19.8 Å². The Morgan fingerprint density at radius 1 is 1.06 bits per heavy atom. The first-order valence-corrected chi connectivity index (χ1v) is 10.6. The highest BCUT2D eigenvalue weighted by Crippen LogP contribution is 2.36. The van der Waals surface area contributed by atoms with Gasteiger partial charge in [-0.25, -0.2) is 10.2 Å². The molecule has 0 bridgehead atoms. The first-order valence-electron chi connectivity index (χ1n) is 9.38. The van der Waals surface area contributed by atoms with E-state index in [2.05, 4.69) is 26.5 Å². The summed E-state index contributed by atoms with van der Waals surface area (Å²) in [6.45, 7) is 3.71. The number of benzene rings is 2. The summed E-state index contributed by atoms with van der Waals surface area (Å²) < 4.78 is 21.9. The number of rotatable bonds is 11. The smallest absolute Gasteiger partial charge is 0.344 e. The maximum atomic E-state index is 11.9. The molecule has 0 aliphatic rings. The molecule has 0 heterocycles. The van der Waals surface area contributed by atoms with E-state index in [0.29, 0.717) is 38.9 Å². The summed E-state index contributed by atoms with van der Waals surface area (Å²) in [5.41, 5.74) is 3.01. The second-order valence-corrected chi connectivity index (χ2v) is 7.13. The molecule has 0 aliphatic carbocycles. The van der Waals surface area contributed by atoms with Crippen LogP contribution in [-0.4, -0.2) is 44.5 Å². The van der Waals surface area contributed by atoms with E-state index in [0.717, 1.165) is 0 Å². The largest absolute Gasteiger partial charge is 0.490 e. The van der Waals surface area contributed by atoms with Gasteiger partial charge in [0.15, 0.2) is 24.7 Å². The van der Waals surface area contributed by atoms with Gasteiger partial charge in [-0.15, -0.1) is 0 Å². The second-order valence-electron chi connectivity index (χ2n) is 5.87. The Kier molecular flexibility index (Phi) is 10.1. The zero-order chi connectivity index (χ0) is 22.6. The van der Waals surface area contributed by atoms with Crippen LogP contribution in [0, 0.1) is 0 Å². The van der Waals surface area contributed by atoms with Crippen molar-refractivity contribution in [2.75, 3.05) is 26.4 Å². The molecule has 1 amide bonds. The fourth-order valence-corrected chi connectivity index (χ4v) is 3.08. The van der Waals surface area contributed by atoms with Crippen LogP contribution in [0.15, 0.2) is 46.0 Å². The minimum Gasteiger partial charge on any atom is -0.490 e. The van der Waals surface area contributed by atoms with Crippen LogP contribution in [0.25, 0.3) is 0 Å². The molecule has 0 saturated carbocycles. The van der Waals surface area contributed by atoms with E-state index in [9.17, 15) is 9.59 Å². The van der Waals surface area contributed by atoms with Gasteiger partial charge < -0.3 is 18.9 Å². The normalized spacial score (nSPS) is 10.6. The van der Waals surface area contributed by atoms with Gasteiger partial charge in [-0.1, -0.05) is 23.7 Å². The summed E-state index contributed by atoms with van der Waals surface area (Å²) in [6, 6.07) is 10.2. The topological polar surface area (TPSA) is 95.5 Å². The molecule has 0 saturated heterocycles. The minimum absolute atomic E-state index is 0.240. The Bertz CT molecular complexity index is 938. The predicted octanol–water partition coefficient (Wildman–Crippen LogP) is 3.97. The number of carbonyl (C=O) groups is 2. The average molecular weight is 514 g/mol. The van der Waals surface area contributed by atoms with Gasteiger partial charge in [0.2, 0.25) is 0 Å². The van der Waals surface area contributed by atoms with Crippen molar-refractivity contribution in [3.05, 3.63) is 51.5 Å². The van der Waals surface area contributed by atoms with Crippen molar-refractivity contribution >= 4 is 45.6 Å². The Hall–Kier alpha value is -2.78. The van der Waals surface area contributed by atoms with Gasteiger partial charge in [0.25, 0.3) is 5.91 Å².